The van der Waals surface area contributed by atoms with Gasteiger partial charge in [0.25, 0.3) is 11.8 Å². The zero-order valence-electron chi connectivity index (χ0n) is 17.4. The van der Waals surface area contributed by atoms with Crippen LogP contribution in [0.1, 0.15) is 33.4 Å². The van der Waals surface area contributed by atoms with Crippen LogP contribution in [0.4, 0.5) is 0 Å². The molecule has 1 aliphatic rings. The van der Waals surface area contributed by atoms with Crippen LogP contribution in [-0.4, -0.2) is 50.6 Å². The summed E-state index contributed by atoms with van der Waals surface area (Å²) in [5.41, 5.74) is 6.59. The molecule has 0 saturated carbocycles. The first-order chi connectivity index (χ1) is 15.7. The Bertz CT molecular complexity index is 1200. The van der Waals surface area contributed by atoms with Crippen LogP contribution in [0.3, 0.4) is 0 Å². The summed E-state index contributed by atoms with van der Waals surface area (Å²) in [6, 6.07) is 8.22. The zero-order chi connectivity index (χ0) is 23.9. The highest BCUT2D eigenvalue weighted by molar-refractivity contribution is 6.37. The second-order valence-electron chi connectivity index (χ2n) is 7.57. The minimum Gasteiger partial charge on any atom is -0.364 e. The van der Waals surface area contributed by atoms with E-state index in [1.807, 2.05) is 29.1 Å². The molecule has 3 N–H and O–H groups in total. The van der Waals surface area contributed by atoms with E-state index < -0.39 is 11.8 Å². The van der Waals surface area contributed by atoms with Gasteiger partial charge in [0.05, 0.1) is 33.6 Å². The predicted octanol–water partition coefficient (Wildman–Crippen LogP) is 3.87. The number of piperidine rings is 1. The summed E-state index contributed by atoms with van der Waals surface area (Å²) >= 11 is 25.8. The molecular weight excluding hydrogens is 510 g/mol. The van der Waals surface area contributed by atoms with Gasteiger partial charge in [-0.15, -0.1) is 23.2 Å². The van der Waals surface area contributed by atoms with Gasteiger partial charge in [0.15, 0.2) is 0 Å². The molecule has 0 radical (unpaired) electrons. The third-order valence-corrected chi connectivity index (χ3v) is 6.63. The molecule has 0 aliphatic carbocycles. The number of alkyl halides is 2. The van der Waals surface area contributed by atoms with Crippen molar-refractivity contribution in [3.63, 3.8) is 0 Å². The number of amides is 2. The van der Waals surface area contributed by atoms with Crippen molar-refractivity contribution in [3.8, 4) is 11.3 Å². The van der Waals surface area contributed by atoms with Crippen molar-refractivity contribution in [2.75, 3.05) is 18.6 Å². The molecule has 4 rings (SSSR count). The number of carbonyl (C=O) groups excluding carboxylic acids is 2. The van der Waals surface area contributed by atoms with E-state index in [2.05, 4.69) is 10.4 Å². The number of rotatable bonds is 5. The normalized spacial score (nSPS) is 20.6. The van der Waals surface area contributed by atoms with Gasteiger partial charge in [-0.3, -0.25) is 14.6 Å². The molecule has 174 valence electrons. The van der Waals surface area contributed by atoms with Gasteiger partial charge in [0.2, 0.25) is 0 Å². The Hall–Kier alpha value is -2.39. The minimum absolute atomic E-state index is 0.0886. The van der Waals surface area contributed by atoms with Crippen LogP contribution in [-0.2, 0) is 0 Å². The van der Waals surface area contributed by atoms with Crippen LogP contribution in [0.25, 0.3) is 11.3 Å². The fourth-order valence-electron chi connectivity index (χ4n) is 4.00. The number of aromatic nitrogens is 3. The van der Waals surface area contributed by atoms with E-state index >= 15 is 0 Å². The van der Waals surface area contributed by atoms with E-state index in [1.165, 1.54) is 30.0 Å². The Balaban J connectivity index is 1.90. The number of hydrogen-bond acceptors (Lipinski definition) is 4. The fourth-order valence-corrected chi connectivity index (χ4v) is 5.49. The van der Waals surface area contributed by atoms with E-state index in [0.717, 1.165) is 0 Å². The summed E-state index contributed by atoms with van der Waals surface area (Å²) in [7, 11) is 1.49. The zero-order valence-corrected chi connectivity index (χ0v) is 20.4. The van der Waals surface area contributed by atoms with Crippen LogP contribution in [0.2, 0.25) is 10.0 Å². The number of nitrogens with two attached hydrogens (primary N) is 1. The molecular formula is C21H20Cl4N6O2. The number of nitrogens with zero attached hydrogens (tertiary/aromatic N) is 4. The number of carbonyl (C=O) groups is 2. The molecule has 2 aromatic heterocycles. The van der Waals surface area contributed by atoms with E-state index in [0.29, 0.717) is 18.5 Å². The van der Waals surface area contributed by atoms with Crippen molar-refractivity contribution >= 4 is 58.2 Å². The standard InChI is InChI=1S/C21H20Cl4N6O2/c1-27-20(33)13-6-11(22)7-14(24)18(13)16-9-17(19(26)32)31(28-16)30-10-12(23)8-15(25)21(30)29-4-2-3-5-29/h2-7,9,12,15,21H,8,10H2,1H3,(H2,26,32)(H,27,33). The number of benzene rings is 1. The molecule has 0 spiro atoms. The lowest BCUT2D eigenvalue weighted by Gasteiger charge is -2.42. The second-order valence-corrected chi connectivity index (χ2v) is 9.59. The van der Waals surface area contributed by atoms with Crippen LogP contribution >= 0.6 is 46.4 Å². The molecule has 12 heteroatoms. The number of hydrogen-bond donors (Lipinski definition) is 2. The van der Waals surface area contributed by atoms with Gasteiger partial charge >= 0.3 is 0 Å². The van der Waals surface area contributed by atoms with Crippen LogP contribution in [0.15, 0.2) is 42.7 Å². The molecule has 3 heterocycles. The number of nitrogens with one attached hydrogen (secondary N) is 1. The quantitative estimate of drug-likeness (QED) is 0.490. The molecule has 8 nitrogen and oxygen atoms in total. The van der Waals surface area contributed by atoms with Crippen molar-refractivity contribution in [2.45, 2.75) is 23.3 Å². The highest BCUT2D eigenvalue weighted by Gasteiger charge is 2.38. The van der Waals surface area contributed by atoms with Gasteiger partial charge in [-0.1, -0.05) is 23.2 Å². The summed E-state index contributed by atoms with van der Waals surface area (Å²) in [6.45, 7) is 0.353. The van der Waals surface area contributed by atoms with Crippen molar-refractivity contribution in [1.82, 2.24) is 19.8 Å². The van der Waals surface area contributed by atoms with Gasteiger partial charge in [0, 0.05) is 30.0 Å². The largest absolute Gasteiger partial charge is 0.364 e. The summed E-state index contributed by atoms with van der Waals surface area (Å²) in [4.78, 5) is 26.3. The lowest BCUT2D eigenvalue weighted by molar-refractivity contribution is 0.0961. The minimum atomic E-state index is -0.714. The van der Waals surface area contributed by atoms with Crippen LogP contribution in [0.5, 0.6) is 0 Å². The SMILES string of the molecule is CNC(=O)c1cc(Cl)cc(Cl)c1-c1cc(C(N)=O)n(N2CC(Cl)CC(Cl)C2n2cccc2)n1. The molecule has 33 heavy (non-hydrogen) atoms. The van der Waals surface area contributed by atoms with Gasteiger partial charge in [-0.05, 0) is 36.8 Å². The van der Waals surface area contributed by atoms with Gasteiger partial charge in [-0.2, -0.15) is 9.89 Å². The Morgan fingerprint density at radius 2 is 1.85 bits per heavy atom. The second kappa shape index (κ2) is 9.46. The molecule has 3 atom stereocenters. The highest BCUT2D eigenvalue weighted by Crippen LogP contribution is 2.36. The lowest BCUT2D eigenvalue weighted by Crippen LogP contribution is -2.54. The monoisotopic (exact) mass is 528 g/mol. The fraction of sp³-hybridized carbons (Fsp3) is 0.286. The number of primary amides is 1. The maximum absolute atomic E-state index is 12.5. The maximum atomic E-state index is 12.5. The van der Waals surface area contributed by atoms with Crippen molar-refractivity contribution in [2.24, 2.45) is 5.73 Å². The molecule has 1 aliphatic heterocycles. The van der Waals surface area contributed by atoms with E-state index in [4.69, 9.17) is 52.1 Å². The third kappa shape index (κ3) is 4.53. The van der Waals surface area contributed by atoms with Gasteiger partial charge < -0.3 is 15.6 Å². The molecule has 1 saturated heterocycles. The molecule has 0 bridgehead atoms. The van der Waals surface area contributed by atoms with E-state index in [1.54, 1.807) is 5.01 Å². The first-order valence-electron chi connectivity index (χ1n) is 10.00. The average Bonchev–Trinajstić information content (AvgIpc) is 3.42. The van der Waals surface area contributed by atoms with E-state index in [9.17, 15) is 9.59 Å². The Morgan fingerprint density at radius 1 is 1.15 bits per heavy atom. The first kappa shape index (κ1) is 23.8. The van der Waals surface area contributed by atoms with Gasteiger partial charge in [-0.25, -0.2) is 0 Å². The summed E-state index contributed by atoms with van der Waals surface area (Å²) < 4.78 is 1.91. The molecule has 3 aromatic rings. The smallest absolute Gasteiger partial charge is 0.269 e. The van der Waals surface area contributed by atoms with Crippen molar-refractivity contribution in [1.29, 1.82) is 0 Å². The first-order valence-corrected chi connectivity index (χ1v) is 11.6. The van der Waals surface area contributed by atoms with Crippen molar-refractivity contribution in [3.05, 3.63) is 64.0 Å². The maximum Gasteiger partial charge on any atom is 0.269 e. The Morgan fingerprint density at radius 3 is 2.48 bits per heavy atom. The van der Waals surface area contributed by atoms with E-state index in [-0.39, 0.29) is 43.9 Å². The Labute approximate surface area is 210 Å². The van der Waals surface area contributed by atoms with Crippen LogP contribution < -0.4 is 16.1 Å². The lowest BCUT2D eigenvalue weighted by atomic mass is 10.0. The van der Waals surface area contributed by atoms with Gasteiger partial charge in [0.1, 0.15) is 11.9 Å². The Kier molecular flexibility index (Phi) is 6.81. The molecule has 1 aromatic carbocycles. The third-order valence-electron chi connectivity index (χ3n) is 5.40. The molecule has 1 fully saturated rings. The molecule has 3 unspecified atom stereocenters. The van der Waals surface area contributed by atoms with Crippen molar-refractivity contribution < 1.29 is 9.59 Å². The highest BCUT2D eigenvalue weighted by atomic mass is 35.5. The topological polar surface area (TPSA) is 98.2 Å². The summed E-state index contributed by atoms with van der Waals surface area (Å²) in [5.74, 6) is -1.12. The van der Waals surface area contributed by atoms with Crippen LogP contribution in [0, 0.1) is 0 Å². The summed E-state index contributed by atoms with van der Waals surface area (Å²) in [6.07, 6.45) is 3.92. The number of halogens is 4. The summed E-state index contributed by atoms with van der Waals surface area (Å²) in [5, 5.41) is 8.80. The average molecular weight is 530 g/mol. The predicted molar refractivity (Wildman–Crippen MR) is 130 cm³/mol. The molecule has 2 amide bonds.